The Morgan fingerprint density at radius 2 is 1.90 bits per heavy atom. The van der Waals surface area contributed by atoms with Gasteiger partial charge in [0, 0.05) is 37.1 Å². The molecule has 0 atom stereocenters. The van der Waals surface area contributed by atoms with E-state index in [0.29, 0.717) is 43.2 Å². The minimum atomic E-state index is -3.66. The average molecular weight is 427 g/mol. The van der Waals surface area contributed by atoms with Gasteiger partial charge in [-0.05, 0) is 44.0 Å². The van der Waals surface area contributed by atoms with Gasteiger partial charge in [0.05, 0.1) is 4.90 Å². The zero-order valence-electron chi connectivity index (χ0n) is 16.4. The monoisotopic (exact) mass is 427 g/mol. The van der Waals surface area contributed by atoms with Gasteiger partial charge >= 0.3 is 0 Å². The number of ketones is 1. The molecule has 0 spiro atoms. The molecule has 0 N–H and O–H groups in total. The molecule has 2 aromatic heterocycles. The summed E-state index contributed by atoms with van der Waals surface area (Å²) in [4.78, 5) is 11.7. The highest BCUT2D eigenvalue weighted by Gasteiger charge is 2.30. The first kappa shape index (κ1) is 20.2. The molecule has 3 heterocycles. The van der Waals surface area contributed by atoms with Crippen molar-refractivity contribution in [3.8, 4) is 11.7 Å². The lowest BCUT2D eigenvalue weighted by atomic mass is 10.1. The summed E-state index contributed by atoms with van der Waals surface area (Å²) in [5.74, 6) is 0.807. The summed E-state index contributed by atoms with van der Waals surface area (Å²) in [6.45, 7) is 2.07. The molecule has 1 aliphatic rings. The van der Waals surface area contributed by atoms with Gasteiger partial charge < -0.3 is 4.74 Å². The third-order valence-corrected chi connectivity index (χ3v) is 6.83. The summed E-state index contributed by atoms with van der Waals surface area (Å²) in [6.07, 6.45) is 4.35. The molecule has 0 unspecified atom stereocenters. The van der Waals surface area contributed by atoms with Crippen molar-refractivity contribution in [3.05, 3.63) is 60.4 Å². The van der Waals surface area contributed by atoms with Gasteiger partial charge in [-0.2, -0.15) is 9.40 Å². The molecule has 9 nitrogen and oxygen atoms in total. The summed E-state index contributed by atoms with van der Waals surface area (Å²) in [6, 6.07) is 11.4. The van der Waals surface area contributed by atoms with Gasteiger partial charge in [0.25, 0.3) is 0 Å². The smallest absolute Gasteiger partial charge is 0.243 e. The van der Waals surface area contributed by atoms with Crippen LogP contribution in [0.25, 0.3) is 5.82 Å². The molecule has 10 heteroatoms. The maximum atomic E-state index is 12.9. The lowest BCUT2D eigenvalue weighted by molar-refractivity contribution is 0.101. The van der Waals surface area contributed by atoms with Crippen LogP contribution in [0.5, 0.6) is 5.88 Å². The topological polar surface area (TPSA) is 107 Å². The fraction of sp³-hybridized carbons (Fsp3) is 0.300. The van der Waals surface area contributed by atoms with Crippen LogP contribution in [0, 0.1) is 0 Å². The van der Waals surface area contributed by atoms with Crippen molar-refractivity contribution in [2.75, 3.05) is 13.1 Å². The van der Waals surface area contributed by atoms with Gasteiger partial charge in [-0.1, -0.05) is 12.1 Å². The van der Waals surface area contributed by atoms with E-state index in [9.17, 15) is 13.2 Å². The number of piperidine rings is 1. The fourth-order valence-electron chi connectivity index (χ4n) is 3.29. The zero-order chi connectivity index (χ0) is 21.1. The van der Waals surface area contributed by atoms with E-state index in [2.05, 4.69) is 15.3 Å². The summed E-state index contributed by atoms with van der Waals surface area (Å²) >= 11 is 0. The van der Waals surface area contributed by atoms with Crippen molar-refractivity contribution in [1.29, 1.82) is 0 Å². The summed E-state index contributed by atoms with van der Waals surface area (Å²) in [5, 5.41) is 12.3. The number of hydrogen-bond acceptors (Lipinski definition) is 7. The minimum Gasteiger partial charge on any atom is -0.473 e. The van der Waals surface area contributed by atoms with E-state index in [4.69, 9.17) is 4.74 Å². The predicted octanol–water partition coefficient (Wildman–Crippen LogP) is 2.10. The predicted molar refractivity (Wildman–Crippen MR) is 108 cm³/mol. The largest absolute Gasteiger partial charge is 0.473 e. The van der Waals surface area contributed by atoms with Gasteiger partial charge in [-0.25, -0.2) is 13.1 Å². The van der Waals surface area contributed by atoms with Gasteiger partial charge in [0.15, 0.2) is 11.6 Å². The van der Waals surface area contributed by atoms with E-state index < -0.39 is 10.0 Å². The lowest BCUT2D eigenvalue weighted by Gasteiger charge is -2.31. The molecular weight excluding hydrogens is 406 g/mol. The highest BCUT2D eigenvalue weighted by molar-refractivity contribution is 7.89. The SMILES string of the molecule is CC(=O)c1cccc(S(=O)(=O)N2CCC(Oc3ccc(-n4cccn4)nn3)CC2)c1. The summed E-state index contributed by atoms with van der Waals surface area (Å²) in [7, 11) is -3.66. The maximum absolute atomic E-state index is 12.9. The molecule has 156 valence electrons. The highest BCUT2D eigenvalue weighted by atomic mass is 32.2. The van der Waals surface area contributed by atoms with Crippen LogP contribution in [0.4, 0.5) is 0 Å². The van der Waals surface area contributed by atoms with Gasteiger partial charge in [-0.15, -0.1) is 10.2 Å². The number of benzene rings is 1. The Hall–Kier alpha value is -3.11. The van der Waals surface area contributed by atoms with E-state index in [-0.39, 0.29) is 16.8 Å². The number of sulfonamides is 1. The molecular formula is C20H21N5O4S. The molecule has 1 aromatic carbocycles. The Labute approximate surface area is 174 Å². The Morgan fingerprint density at radius 3 is 2.53 bits per heavy atom. The van der Waals surface area contributed by atoms with E-state index in [1.807, 2.05) is 0 Å². The van der Waals surface area contributed by atoms with Crippen LogP contribution in [0.3, 0.4) is 0 Å². The van der Waals surface area contributed by atoms with Crippen LogP contribution in [-0.4, -0.2) is 57.7 Å². The van der Waals surface area contributed by atoms with Crippen LogP contribution in [0.2, 0.25) is 0 Å². The molecule has 4 rings (SSSR count). The molecule has 0 saturated carbocycles. The zero-order valence-corrected chi connectivity index (χ0v) is 17.2. The summed E-state index contributed by atoms with van der Waals surface area (Å²) < 4.78 is 34.7. The number of carbonyl (C=O) groups excluding carboxylic acids is 1. The average Bonchev–Trinajstić information content (AvgIpc) is 3.30. The van der Waals surface area contributed by atoms with E-state index >= 15 is 0 Å². The van der Waals surface area contributed by atoms with Gasteiger partial charge in [0.2, 0.25) is 15.9 Å². The first-order chi connectivity index (χ1) is 14.4. The van der Waals surface area contributed by atoms with Crippen molar-refractivity contribution in [2.45, 2.75) is 30.8 Å². The third-order valence-electron chi connectivity index (χ3n) is 4.93. The molecule has 0 aliphatic carbocycles. The van der Waals surface area contributed by atoms with Crippen molar-refractivity contribution in [3.63, 3.8) is 0 Å². The van der Waals surface area contributed by atoms with Crippen molar-refractivity contribution in [1.82, 2.24) is 24.3 Å². The Balaban J connectivity index is 1.38. The second-order valence-corrected chi connectivity index (χ2v) is 8.92. The first-order valence-electron chi connectivity index (χ1n) is 9.55. The number of ether oxygens (including phenoxy) is 1. The van der Waals surface area contributed by atoms with E-state index in [1.54, 1.807) is 47.4 Å². The molecule has 0 radical (unpaired) electrons. The fourth-order valence-corrected chi connectivity index (χ4v) is 4.80. The van der Waals surface area contributed by atoms with Crippen LogP contribution in [-0.2, 0) is 10.0 Å². The van der Waals surface area contributed by atoms with Crippen molar-refractivity contribution in [2.24, 2.45) is 0 Å². The van der Waals surface area contributed by atoms with Crippen molar-refractivity contribution < 1.29 is 17.9 Å². The molecule has 30 heavy (non-hydrogen) atoms. The molecule has 1 saturated heterocycles. The van der Waals surface area contributed by atoms with Crippen molar-refractivity contribution >= 4 is 15.8 Å². The van der Waals surface area contributed by atoms with Crippen LogP contribution >= 0.6 is 0 Å². The number of nitrogens with zero attached hydrogens (tertiary/aromatic N) is 5. The molecule has 1 aliphatic heterocycles. The number of Topliss-reactive ketones (excluding diaryl/α,β-unsaturated/α-hetero) is 1. The quantitative estimate of drug-likeness (QED) is 0.554. The maximum Gasteiger partial charge on any atom is 0.243 e. The second-order valence-electron chi connectivity index (χ2n) is 6.99. The minimum absolute atomic E-state index is 0.134. The Bertz CT molecular complexity index is 1120. The molecule has 1 fully saturated rings. The number of rotatable bonds is 6. The number of hydrogen-bond donors (Lipinski definition) is 0. The normalized spacial score (nSPS) is 15.8. The van der Waals surface area contributed by atoms with Gasteiger partial charge in [0.1, 0.15) is 6.10 Å². The molecule has 0 amide bonds. The standard InChI is InChI=1S/C20H21N5O4S/c1-15(26)16-4-2-5-18(14-16)30(27,28)24-12-8-17(9-13-24)29-20-7-6-19(22-23-20)25-11-3-10-21-25/h2-7,10-11,14,17H,8-9,12-13H2,1H3. The number of aromatic nitrogens is 4. The third kappa shape index (κ3) is 4.24. The Morgan fingerprint density at radius 1 is 1.10 bits per heavy atom. The highest BCUT2D eigenvalue weighted by Crippen LogP contribution is 2.24. The second kappa shape index (κ2) is 8.33. The molecule has 3 aromatic rings. The summed E-state index contributed by atoms with van der Waals surface area (Å²) in [5.41, 5.74) is 0.381. The van der Waals surface area contributed by atoms with Crippen LogP contribution < -0.4 is 4.74 Å². The van der Waals surface area contributed by atoms with Crippen LogP contribution in [0.15, 0.2) is 59.8 Å². The number of carbonyl (C=O) groups is 1. The first-order valence-corrected chi connectivity index (χ1v) is 11.0. The van der Waals surface area contributed by atoms with Gasteiger partial charge in [-0.3, -0.25) is 4.79 Å². The van der Waals surface area contributed by atoms with E-state index in [0.717, 1.165) is 0 Å². The van der Waals surface area contributed by atoms with E-state index in [1.165, 1.54) is 23.4 Å². The lowest BCUT2D eigenvalue weighted by Crippen LogP contribution is -2.41. The Kier molecular flexibility index (Phi) is 5.60. The molecule has 0 bridgehead atoms. The van der Waals surface area contributed by atoms with Crippen LogP contribution in [0.1, 0.15) is 30.1 Å².